The number of amides is 1. The number of anilines is 2. The zero-order valence-corrected chi connectivity index (χ0v) is 10.8. The summed E-state index contributed by atoms with van der Waals surface area (Å²) in [6.07, 6.45) is 1.38. The number of halogens is 2. The van der Waals surface area contributed by atoms with E-state index in [2.05, 4.69) is 15.6 Å². The predicted molar refractivity (Wildman–Crippen MR) is 73.1 cm³/mol. The van der Waals surface area contributed by atoms with E-state index < -0.39 is 11.7 Å². The van der Waals surface area contributed by atoms with Gasteiger partial charge in [-0.15, -0.1) is 0 Å². The van der Waals surface area contributed by atoms with Gasteiger partial charge in [0.05, 0.1) is 10.6 Å². The Hall–Kier alpha value is -2.14. The third-order valence-corrected chi connectivity index (χ3v) is 2.74. The van der Waals surface area contributed by atoms with Crippen molar-refractivity contribution in [3.05, 3.63) is 52.9 Å². The molecule has 2 N–H and O–H groups in total. The van der Waals surface area contributed by atoms with Crippen LogP contribution < -0.4 is 10.6 Å². The molecule has 0 saturated carbocycles. The molecule has 1 aromatic carbocycles. The van der Waals surface area contributed by atoms with E-state index >= 15 is 0 Å². The average molecular weight is 280 g/mol. The van der Waals surface area contributed by atoms with E-state index in [0.717, 1.165) is 0 Å². The third kappa shape index (κ3) is 3.20. The molecule has 0 aliphatic carbocycles. The van der Waals surface area contributed by atoms with Crippen molar-refractivity contribution in [2.75, 3.05) is 17.7 Å². The van der Waals surface area contributed by atoms with Crippen molar-refractivity contribution in [3.63, 3.8) is 0 Å². The van der Waals surface area contributed by atoms with E-state index in [9.17, 15) is 9.18 Å². The Morgan fingerprint density at radius 1 is 1.37 bits per heavy atom. The normalized spacial score (nSPS) is 10.1. The summed E-state index contributed by atoms with van der Waals surface area (Å²) in [6, 6.07) is 7.16. The Morgan fingerprint density at radius 2 is 2.16 bits per heavy atom. The number of benzene rings is 1. The SMILES string of the molecule is CNc1cc(C(=O)Nc2cccc(F)c2)c(Cl)cn1. The van der Waals surface area contributed by atoms with Gasteiger partial charge in [-0.1, -0.05) is 17.7 Å². The second-order valence-electron chi connectivity index (χ2n) is 3.76. The maximum Gasteiger partial charge on any atom is 0.257 e. The van der Waals surface area contributed by atoms with Crippen molar-refractivity contribution in [1.82, 2.24) is 4.98 Å². The van der Waals surface area contributed by atoms with Crippen LogP contribution in [-0.2, 0) is 0 Å². The maximum absolute atomic E-state index is 13.0. The smallest absolute Gasteiger partial charge is 0.257 e. The number of hydrogen-bond donors (Lipinski definition) is 2. The van der Waals surface area contributed by atoms with Gasteiger partial charge in [0, 0.05) is 18.9 Å². The van der Waals surface area contributed by atoms with E-state index in [1.807, 2.05) is 0 Å². The summed E-state index contributed by atoms with van der Waals surface area (Å²) in [7, 11) is 1.69. The topological polar surface area (TPSA) is 54.0 Å². The van der Waals surface area contributed by atoms with Gasteiger partial charge in [0.15, 0.2) is 0 Å². The zero-order chi connectivity index (χ0) is 13.8. The van der Waals surface area contributed by atoms with Gasteiger partial charge in [0.2, 0.25) is 0 Å². The first kappa shape index (κ1) is 13.3. The lowest BCUT2D eigenvalue weighted by Crippen LogP contribution is -2.13. The molecular formula is C13H11ClFN3O. The van der Waals surface area contributed by atoms with Crippen LogP contribution in [0.2, 0.25) is 5.02 Å². The molecule has 0 aliphatic rings. The second kappa shape index (κ2) is 5.67. The van der Waals surface area contributed by atoms with Crippen LogP contribution in [0.1, 0.15) is 10.4 Å². The number of hydrogen-bond acceptors (Lipinski definition) is 3. The molecule has 0 atom stereocenters. The molecule has 0 spiro atoms. The van der Waals surface area contributed by atoms with E-state index in [4.69, 9.17) is 11.6 Å². The molecule has 2 aromatic rings. The molecule has 1 heterocycles. The van der Waals surface area contributed by atoms with Gasteiger partial charge >= 0.3 is 0 Å². The molecule has 19 heavy (non-hydrogen) atoms. The van der Waals surface area contributed by atoms with E-state index in [1.165, 1.54) is 30.5 Å². The van der Waals surface area contributed by atoms with Gasteiger partial charge in [-0.05, 0) is 24.3 Å². The van der Waals surface area contributed by atoms with Crippen molar-refractivity contribution in [3.8, 4) is 0 Å². The molecule has 0 saturated heterocycles. The summed E-state index contributed by atoms with van der Waals surface area (Å²) in [5.74, 6) is -0.321. The molecule has 1 amide bonds. The minimum Gasteiger partial charge on any atom is -0.373 e. The van der Waals surface area contributed by atoms with Crippen LogP contribution in [-0.4, -0.2) is 17.9 Å². The van der Waals surface area contributed by atoms with Crippen LogP contribution >= 0.6 is 11.6 Å². The predicted octanol–water partition coefficient (Wildman–Crippen LogP) is 3.17. The van der Waals surface area contributed by atoms with Crippen LogP contribution in [0.5, 0.6) is 0 Å². The van der Waals surface area contributed by atoms with Gasteiger partial charge in [-0.2, -0.15) is 0 Å². The highest BCUT2D eigenvalue weighted by atomic mass is 35.5. The minimum absolute atomic E-state index is 0.230. The molecular weight excluding hydrogens is 269 g/mol. The highest BCUT2D eigenvalue weighted by Crippen LogP contribution is 2.19. The fourth-order valence-corrected chi connectivity index (χ4v) is 1.70. The number of rotatable bonds is 3. The Labute approximate surface area is 114 Å². The fraction of sp³-hybridized carbons (Fsp3) is 0.0769. The van der Waals surface area contributed by atoms with Crippen molar-refractivity contribution in [2.24, 2.45) is 0 Å². The van der Waals surface area contributed by atoms with Crippen LogP contribution in [0, 0.1) is 5.82 Å². The second-order valence-corrected chi connectivity index (χ2v) is 4.17. The highest BCUT2D eigenvalue weighted by Gasteiger charge is 2.12. The summed E-state index contributed by atoms with van der Waals surface area (Å²) in [6.45, 7) is 0. The van der Waals surface area contributed by atoms with E-state index in [0.29, 0.717) is 11.5 Å². The largest absolute Gasteiger partial charge is 0.373 e. The third-order valence-electron chi connectivity index (χ3n) is 2.44. The van der Waals surface area contributed by atoms with Gasteiger partial charge in [-0.25, -0.2) is 9.37 Å². The van der Waals surface area contributed by atoms with Crippen molar-refractivity contribution in [2.45, 2.75) is 0 Å². The highest BCUT2D eigenvalue weighted by molar-refractivity contribution is 6.34. The molecule has 0 radical (unpaired) electrons. The Kier molecular flexibility index (Phi) is 3.97. The molecule has 98 valence electrons. The van der Waals surface area contributed by atoms with Crippen LogP contribution in [0.4, 0.5) is 15.9 Å². The fourth-order valence-electron chi connectivity index (χ4n) is 1.51. The van der Waals surface area contributed by atoms with Crippen molar-refractivity contribution >= 4 is 29.0 Å². The molecule has 4 nitrogen and oxygen atoms in total. The first-order chi connectivity index (χ1) is 9.10. The quantitative estimate of drug-likeness (QED) is 0.907. The first-order valence-corrected chi connectivity index (χ1v) is 5.88. The van der Waals surface area contributed by atoms with Crippen LogP contribution in [0.25, 0.3) is 0 Å². The van der Waals surface area contributed by atoms with Crippen LogP contribution in [0.15, 0.2) is 36.5 Å². The van der Waals surface area contributed by atoms with Crippen LogP contribution in [0.3, 0.4) is 0 Å². The Balaban J connectivity index is 2.25. The molecule has 6 heteroatoms. The molecule has 0 unspecified atom stereocenters. The summed E-state index contributed by atoms with van der Waals surface area (Å²) in [5, 5.41) is 5.61. The van der Waals surface area contributed by atoms with Gasteiger partial charge < -0.3 is 10.6 Å². The molecule has 0 bridgehead atoms. The summed E-state index contributed by atoms with van der Waals surface area (Å²) in [5.41, 5.74) is 0.633. The van der Waals surface area contributed by atoms with E-state index in [1.54, 1.807) is 13.1 Å². The Morgan fingerprint density at radius 3 is 2.84 bits per heavy atom. The lowest BCUT2D eigenvalue weighted by molar-refractivity contribution is 0.102. The number of nitrogens with zero attached hydrogens (tertiary/aromatic N) is 1. The lowest BCUT2D eigenvalue weighted by atomic mass is 10.2. The van der Waals surface area contributed by atoms with E-state index in [-0.39, 0.29) is 10.6 Å². The summed E-state index contributed by atoms with van der Waals surface area (Å²) < 4.78 is 13.0. The monoisotopic (exact) mass is 279 g/mol. The van der Waals surface area contributed by atoms with Gasteiger partial charge in [0.25, 0.3) is 5.91 Å². The minimum atomic E-state index is -0.422. The lowest BCUT2D eigenvalue weighted by Gasteiger charge is -2.08. The van der Waals surface area contributed by atoms with Crippen molar-refractivity contribution in [1.29, 1.82) is 0 Å². The van der Waals surface area contributed by atoms with Gasteiger partial charge in [0.1, 0.15) is 11.6 Å². The van der Waals surface area contributed by atoms with Gasteiger partial charge in [-0.3, -0.25) is 4.79 Å². The standard InChI is InChI=1S/C13H11ClFN3O/c1-16-12-6-10(11(14)7-17-12)13(19)18-9-4-2-3-8(15)5-9/h2-7H,1H3,(H,16,17)(H,18,19). The number of pyridine rings is 1. The van der Waals surface area contributed by atoms with Crippen molar-refractivity contribution < 1.29 is 9.18 Å². The first-order valence-electron chi connectivity index (χ1n) is 5.50. The molecule has 2 rings (SSSR count). The number of nitrogens with one attached hydrogen (secondary N) is 2. The summed E-state index contributed by atoms with van der Waals surface area (Å²) in [4.78, 5) is 16.0. The maximum atomic E-state index is 13.0. The molecule has 1 aromatic heterocycles. The number of carbonyl (C=O) groups excluding carboxylic acids is 1. The Bertz CT molecular complexity index is 619. The molecule has 0 fully saturated rings. The number of carbonyl (C=O) groups is 1. The average Bonchev–Trinajstić information content (AvgIpc) is 2.39. The zero-order valence-electron chi connectivity index (χ0n) is 10.1. The molecule has 0 aliphatic heterocycles. The number of aromatic nitrogens is 1. The summed E-state index contributed by atoms with van der Waals surface area (Å²) >= 11 is 5.92.